The fourth-order valence-electron chi connectivity index (χ4n) is 4.99. The first-order valence-electron chi connectivity index (χ1n) is 12.2. The number of nitrogens with zero attached hydrogens (tertiary/aromatic N) is 1. The number of carbonyl (C=O) groups excluding carboxylic acids is 1. The number of hydrogen-bond acceptors (Lipinski definition) is 5. The van der Waals surface area contributed by atoms with Crippen LogP contribution in [0.4, 0.5) is 10.1 Å². The summed E-state index contributed by atoms with van der Waals surface area (Å²) in [6.07, 6.45) is 7.77. The topological polar surface area (TPSA) is 100 Å². The zero-order valence-electron chi connectivity index (χ0n) is 19.6. The first kappa shape index (κ1) is 23.6. The van der Waals surface area contributed by atoms with Gasteiger partial charge in [0.15, 0.2) is 0 Å². The maximum atomic E-state index is 14.8. The number of benzene rings is 2. The predicted octanol–water partition coefficient (Wildman–Crippen LogP) is 3.80. The quantitative estimate of drug-likeness (QED) is 0.398. The maximum Gasteiger partial charge on any atom is 0.241 e. The van der Waals surface area contributed by atoms with E-state index in [1.54, 1.807) is 24.5 Å². The van der Waals surface area contributed by atoms with Crippen molar-refractivity contribution in [1.82, 2.24) is 10.3 Å². The van der Waals surface area contributed by atoms with Gasteiger partial charge < -0.3 is 21.5 Å². The zero-order chi connectivity index (χ0) is 24.5. The van der Waals surface area contributed by atoms with Gasteiger partial charge >= 0.3 is 0 Å². The minimum atomic E-state index is -1.15. The zero-order valence-corrected chi connectivity index (χ0v) is 19.6. The molecular weight excluding hydrogens is 443 g/mol. The van der Waals surface area contributed by atoms with E-state index in [4.69, 9.17) is 5.73 Å². The van der Waals surface area contributed by atoms with E-state index in [2.05, 4.69) is 15.6 Å². The van der Waals surface area contributed by atoms with Crippen LogP contribution in [0.1, 0.15) is 48.8 Å². The van der Waals surface area contributed by atoms with Gasteiger partial charge in [0.1, 0.15) is 11.4 Å². The number of amides is 1. The molecule has 1 unspecified atom stereocenters. The van der Waals surface area contributed by atoms with Gasteiger partial charge in [-0.05, 0) is 59.7 Å². The van der Waals surface area contributed by atoms with Gasteiger partial charge in [-0.15, -0.1) is 0 Å². The van der Waals surface area contributed by atoms with Crippen LogP contribution in [0.25, 0.3) is 0 Å². The first-order valence-corrected chi connectivity index (χ1v) is 12.2. The Hall–Kier alpha value is -3.13. The van der Waals surface area contributed by atoms with Gasteiger partial charge in [0.2, 0.25) is 5.91 Å². The summed E-state index contributed by atoms with van der Waals surface area (Å²) >= 11 is 0. The molecule has 2 fully saturated rings. The summed E-state index contributed by atoms with van der Waals surface area (Å²) in [5.74, 6) is -0.230. The number of anilines is 1. The maximum absolute atomic E-state index is 14.8. The Morgan fingerprint density at radius 2 is 1.89 bits per heavy atom. The van der Waals surface area contributed by atoms with Crippen LogP contribution in [0, 0.1) is 11.7 Å². The van der Waals surface area contributed by atoms with Crippen molar-refractivity contribution < 1.29 is 14.3 Å². The summed E-state index contributed by atoms with van der Waals surface area (Å²) in [5.41, 5.74) is 7.48. The van der Waals surface area contributed by atoms with E-state index in [0.717, 1.165) is 29.5 Å². The Morgan fingerprint density at radius 3 is 2.60 bits per heavy atom. The standard InChI is InChI=1S/C28H31FN4O2/c29-23-9-8-22(28(30,13-10-19-6-7-19)21-11-14-31-15-12-21)16-24(23)33-26(34)25-17-27(35,18-32-25)20-4-2-1-3-5-20/h1-5,8-9,11-12,14-16,19,25,32,35H,6-7,10,13,17-18,30H2,(H,33,34)/t25-,27-,28?/m1/s1. The van der Waals surface area contributed by atoms with Crippen LogP contribution in [0.2, 0.25) is 0 Å². The Labute approximate surface area is 204 Å². The van der Waals surface area contributed by atoms with Crippen molar-refractivity contribution in [2.75, 3.05) is 11.9 Å². The lowest BCUT2D eigenvalue weighted by molar-refractivity contribution is -0.118. The molecule has 1 aromatic heterocycles. The van der Waals surface area contributed by atoms with Crippen LogP contribution in [-0.2, 0) is 15.9 Å². The molecule has 0 bridgehead atoms. The van der Waals surface area contributed by atoms with Crippen molar-refractivity contribution in [3.63, 3.8) is 0 Å². The average Bonchev–Trinajstić information content (AvgIpc) is 3.64. The first-order chi connectivity index (χ1) is 16.9. The molecule has 5 rings (SSSR count). The smallest absolute Gasteiger partial charge is 0.241 e. The molecule has 5 N–H and O–H groups in total. The minimum Gasteiger partial charge on any atom is -0.384 e. The van der Waals surface area contributed by atoms with E-state index < -0.39 is 28.9 Å². The Balaban J connectivity index is 1.36. The van der Waals surface area contributed by atoms with E-state index >= 15 is 0 Å². The van der Waals surface area contributed by atoms with Crippen molar-refractivity contribution in [3.05, 3.63) is 95.6 Å². The van der Waals surface area contributed by atoms with Crippen molar-refractivity contribution in [3.8, 4) is 0 Å². The third-order valence-electron chi connectivity index (χ3n) is 7.39. The van der Waals surface area contributed by atoms with Crippen LogP contribution in [0.3, 0.4) is 0 Å². The number of halogens is 1. The Kier molecular flexibility index (Phi) is 6.40. The number of nitrogens with two attached hydrogens (primary N) is 1. The molecule has 2 heterocycles. The number of aliphatic hydroxyl groups is 1. The van der Waals surface area contributed by atoms with Crippen molar-refractivity contribution >= 4 is 11.6 Å². The normalized spacial score (nSPS) is 23.6. The average molecular weight is 475 g/mol. The van der Waals surface area contributed by atoms with E-state index in [0.29, 0.717) is 5.92 Å². The Bertz CT molecular complexity index is 1190. The summed E-state index contributed by atoms with van der Waals surface area (Å²) in [5, 5.41) is 16.9. The van der Waals surface area contributed by atoms with Crippen LogP contribution in [0.5, 0.6) is 0 Å². The van der Waals surface area contributed by atoms with Gasteiger partial charge in [0.25, 0.3) is 0 Å². The summed E-state index contributed by atoms with van der Waals surface area (Å²) < 4.78 is 14.8. The van der Waals surface area contributed by atoms with Crippen LogP contribution in [-0.4, -0.2) is 28.6 Å². The molecule has 7 heteroatoms. The van der Waals surface area contributed by atoms with Gasteiger partial charge in [0, 0.05) is 25.4 Å². The highest BCUT2D eigenvalue weighted by atomic mass is 19.1. The van der Waals surface area contributed by atoms with Crippen molar-refractivity contribution in [2.45, 2.75) is 49.3 Å². The largest absolute Gasteiger partial charge is 0.384 e. The second kappa shape index (κ2) is 9.49. The predicted molar refractivity (Wildman–Crippen MR) is 133 cm³/mol. The molecule has 182 valence electrons. The van der Waals surface area contributed by atoms with Crippen LogP contribution < -0.4 is 16.4 Å². The summed E-state index contributed by atoms with van der Waals surface area (Å²) in [4.78, 5) is 17.2. The Morgan fingerprint density at radius 1 is 1.14 bits per heavy atom. The molecule has 1 amide bonds. The van der Waals surface area contributed by atoms with Crippen LogP contribution >= 0.6 is 0 Å². The molecule has 1 saturated heterocycles. The lowest BCUT2D eigenvalue weighted by atomic mass is 9.79. The number of hydrogen-bond donors (Lipinski definition) is 4. The van der Waals surface area contributed by atoms with Gasteiger partial charge in [-0.1, -0.05) is 49.2 Å². The summed E-state index contributed by atoms with van der Waals surface area (Å²) in [7, 11) is 0. The fourth-order valence-corrected chi connectivity index (χ4v) is 4.99. The molecule has 6 nitrogen and oxygen atoms in total. The molecule has 35 heavy (non-hydrogen) atoms. The third kappa shape index (κ3) is 4.98. The van der Waals surface area contributed by atoms with E-state index in [-0.39, 0.29) is 18.7 Å². The van der Waals surface area contributed by atoms with Crippen molar-refractivity contribution in [2.24, 2.45) is 11.7 Å². The van der Waals surface area contributed by atoms with Gasteiger partial charge in [0.05, 0.1) is 17.3 Å². The SMILES string of the molecule is NC(CCC1CC1)(c1ccncc1)c1ccc(F)c(NC(=O)[C@H]2C[C@](O)(c3ccccc3)CN2)c1. The number of β-amino-alcohol motifs (C(OH)–C–C–N with tert-alkyl or cyclic N) is 1. The monoisotopic (exact) mass is 474 g/mol. The molecule has 1 aliphatic heterocycles. The van der Waals surface area contributed by atoms with E-state index in [1.807, 2.05) is 42.5 Å². The molecule has 0 spiro atoms. The van der Waals surface area contributed by atoms with E-state index in [9.17, 15) is 14.3 Å². The second-order valence-electron chi connectivity index (χ2n) is 9.91. The highest BCUT2D eigenvalue weighted by molar-refractivity contribution is 5.95. The number of pyridine rings is 1. The highest BCUT2D eigenvalue weighted by Crippen LogP contribution is 2.40. The van der Waals surface area contributed by atoms with Gasteiger partial charge in [-0.3, -0.25) is 9.78 Å². The molecule has 2 aromatic carbocycles. The van der Waals surface area contributed by atoms with Crippen LogP contribution in [0.15, 0.2) is 73.1 Å². The summed E-state index contributed by atoms with van der Waals surface area (Å²) in [6.45, 7) is 0.243. The lowest BCUT2D eigenvalue weighted by Crippen LogP contribution is -2.39. The number of nitrogens with one attached hydrogen (secondary N) is 2. The highest BCUT2D eigenvalue weighted by Gasteiger charge is 2.41. The number of aromatic nitrogens is 1. The second-order valence-corrected chi connectivity index (χ2v) is 9.91. The number of rotatable bonds is 8. The van der Waals surface area contributed by atoms with E-state index in [1.165, 1.54) is 18.9 Å². The number of carbonyl (C=O) groups is 1. The molecule has 2 aliphatic rings. The van der Waals surface area contributed by atoms with Gasteiger partial charge in [-0.25, -0.2) is 4.39 Å². The minimum absolute atomic E-state index is 0.0831. The third-order valence-corrected chi connectivity index (χ3v) is 7.39. The van der Waals surface area contributed by atoms with Gasteiger partial charge in [-0.2, -0.15) is 0 Å². The molecule has 1 aliphatic carbocycles. The molecule has 0 radical (unpaired) electrons. The van der Waals surface area contributed by atoms with Crippen molar-refractivity contribution in [1.29, 1.82) is 0 Å². The molecular formula is C28H31FN4O2. The molecule has 3 atom stereocenters. The lowest BCUT2D eigenvalue weighted by Gasteiger charge is -2.31. The summed E-state index contributed by atoms with van der Waals surface area (Å²) in [6, 6.07) is 17.1. The molecule has 1 saturated carbocycles. The molecule has 3 aromatic rings. The fraction of sp³-hybridized carbons (Fsp3) is 0.357.